The van der Waals surface area contributed by atoms with Crippen LogP contribution in [0.25, 0.3) is 0 Å². The summed E-state index contributed by atoms with van der Waals surface area (Å²) in [5.41, 5.74) is 0.699. The summed E-state index contributed by atoms with van der Waals surface area (Å²) < 4.78 is 5.39. The second kappa shape index (κ2) is 11.2. The standard InChI is InChI=1S/C13H22O2/c1-3-5-6-7-10-15-11-8-9-13(4-2)12-14/h4,8-9,12H,3,5-7,10-11H2,1-2H3. The van der Waals surface area contributed by atoms with E-state index in [9.17, 15) is 4.79 Å². The zero-order valence-electron chi connectivity index (χ0n) is 9.87. The Morgan fingerprint density at radius 2 is 2.07 bits per heavy atom. The first-order valence-corrected chi connectivity index (χ1v) is 5.71. The largest absolute Gasteiger partial charge is 0.377 e. The van der Waals surface area contributed by atoms with Gasteiger partial charge in [0, 0.05) is 12.2 Å². The maximum atomic E-state index is 10.4. The average molecular weight is 210 g/mol. The Kier molecular flexibility index (Phi) is 10.5. The predicted molar refractivity (Wildman–Crippen MR) is 63.9 cm³/mol. The first-order chi connectivity index (χ1) is 7.35. The molecule has 0 atom stereocenters. The third kappa shape index (κ3) is 9.42. The van der Waals surface area contributed by atoms with Gasteiger partial charge in [0.15, 0.2) is 0 Å². The molecule has 0 aromatic heterocycles. The second-order valence-corrected chi connectivity index (χ2v) is 3.44. The number of hydrogen-bond donors (Lipinski definition) is 0. The molecule has 0 radical (unpaired) electrons. The number of allylic oxidation sites excluding steroid dienone is 3. The summed E-state index contributed by atoms with van der Waals surface area (Å²) in [5.74, 6) is 0. The van der Waals surface area contributed by atoms with E-state index in [1.165, 1.54) is 19.3 Å². The van der Waals surface area contributed by atoms with Gasteiger partial charge in [-0.2, -0.15) is 0 Å². The molecule has 86 valence electrons. The quantitative estimate of drug-likeness (QED) is 0.253. The Balaban J connectivity index is 3.34. The minimum Gasteiger partial charge on any atom is -0.377 e. The summed E-state index contributed by atoms with van der Waals surface area (Å²) in [4.78, 5) is 10.4. The van der Waals surface area contributed by atoms with E-state index < -0.39 is 0 Å². The van der Waals surface area contributed by atoms with Crippen molar-refractivity contribution in [3.63, 3.8) is 0 Å². The van der Waals surface area contributed by atoms with Crippen molar-refractivity contribution in [1.29, 1.82) is 0 Å². The van der Waals surface area contributed by atoms with Gasteiger partial charge in [-0.3, -0.25) is 4.79 Å². The molecule has 0 bridgehead atoms. The summed E-state index contributed by atoms with van der Waals surface area (Å²) in [5, 5.41) is 0. The molecule has 15 heavy (non-hydrogen) atoms. The fraction of sp³-hybridized carbons (Fsp3) is 0.615. The van der Waals surface area contributed by atoms with Crippen LogP contribution >= 0.6 is 0 Å². The van der Waals surface area contributed by atoms with E-state index in [2.05, 4.69) is 6.92 Å². The lowest BCUT2D eigenvalue weighted by Gasteiger charge is -1.99. The van der Waals surface area contributed by atoms with Gasteiger partial charge in [0.2, 0.25) is 0 Å². The molecule has 2 heteroatoms. The zero-order chi connectivity index (χ0) is 11.4. The van der Waals surface area contributed by atoms with E-state index in [0.29, 0.717) is 12.2 Å². The normalized spacial score (nSPS) is 12.3. The van der Waals surface area contributed by atoms with E-state index in [1.54, 1.807) is 12.2 Å². The van der Waals surface area contributed by atoms with Crippen LogP contribution in [0.4, 0.5) is 0 Å². The molecule has 0 heterocycles. The van der Waals surface area contributed by atoms with Gasteiger partial charge in [0.1, 0.15) is 6.29 Å². The minimum absolute atomic E-state index is 0.595. The average Bonchev–Trinajstić information content (AvgIpc) is 2.27. The van der Waals surface area contributed by atoms with Crippen molar-refractivity contribution in [2.45, 2.75) is 39.5 Å². The molecular weight excluding hydrogens is 188 g/mol. The Bertz CT molecular complexity index is 205. The van der Waals surface area contributed by atoms with Crippen LogP contribution < -0.4 is 0 Å². The number of rotatable bonds is 9. The summed E-state index contributed by atoms with van der Waals surface area (Å²) in [6, 6.07) is 0. The molecule has 0 aromatic rings. The fourth-order valence-electron chi connectivity index (χ4n) is 1.17. The molecule has 0 aliphatic heterocycles. The van der Waals surface area contributed by atoms with Crippen LogP contribution in [0.5, 0.6) is 0 Å². The highest BCUT2D eigenvalue weighted by Gasteiger charge is 1.88. The summed E-state index contributed by atoms with van der Waals surface area (Å²) >= 11 is 0. The van der Waals surface area contributed by atoms with Crippen molar-refractivity contribution >= 4 is 6.29 Å². The first-order valence-electron chi connectivity index (χ1n) is 5.71. The number of aldehydes is 1. The summed E-state index contributed by atoms with van der Waals surface area (Å²) in [7, 11) is 0. The monoisotopic (exact) mass is 210 g/mol. The van der Waals surface area contributed by atoms with E-state index in [0.717, 1.165) is 19.3 Å². The number of unbranched alkanes of at least 4 members (excludes halogenated alkanes) is 3. The van der Waals surface area contributed by atoms with Crippen LogP contribution in [0, 0.1) is 0 Å². The van der Waals surface area contributed by atoms with Crippen LogP contribution in [0.3, 0.4) is 0 Å². The van der Waals surface area contributed by atoms with E-state index in [1.807, 2.05) is 13.0 Å². The lowest BCUT2D eigenvalue weighted by molar-refractivity contribution is -0.104. The highest BCUT2D eigenvalue weighted by atomic mass is 16.5. The molecule has 2 nitrogen and oxygen atoms in total. The third-order valence-corrected chi connectivity index (χ3v) is 2.14. The van der Waals surface area contributed by atoms with Crippen molar-refractivity contribution in [2.24, 2.45) is 0 Å². The molecule has 0 unspecified atom stereocenters. The van der Waals surface area contributed by atoms with Gasteiger partial charge in [0.05, 0.1) is 6.61 Å². The molecule has 0 fully saturated rings. The van der Waals surface area contributed by atoms with Crippen LogP contribution in [-0.4, -0.2) is 19.5 Å². The molecule has 0 amide bonds. The summed E-state index contributed by atoms with van der Waals surface area (Å²) in [6.45, 7) is 5.45. The maximum Gasteiger partial charge on any atom is 0.149 e. The molecule has 0 rings (SSSR count). The van der Waals surface area contributed by atoms with Crippen molar-refractivity contribution in [2.75, 3.05) is 13.2 Å². The number of hydrogen-bond acceptors (Lipinski definition) is 2. The SMILES string of the molecule is CC=C(C=O)C=CCOCCCCCC. The third-order valence-electron chi connectivity index (χ3n) is 2.14. The van der Waals surface area contributed by atoms with Gasteiger partial charge in [-0.15, -0.1) is 0 Å². The predicted octanol–water partition coefficient (Wildman–Crippen LogP) is 3.28. The summed E-state index contributed by atoms with van der Waals surface area (Å²) in [6.07, 6.45) is 11.2. The van der Waals surface area contributed by atoms with Crippen molar-refractivity contribution in [3.05, 3.63) is 23.8 Å². The minimum atomic E-state index is 0.595. The van der Waals surface area contributed by atoms with Crippen molar-refractivity contribution < 1.29 is 9.53 Å². The molecular formula is C13H22O2. The molecule has 0 spiro atoms. The Morgan fingerprint density at radius 1 is 1.27 bits per heavy atom. The van der Waals surface area contributed by atoms with Crippen LogP contribution in [0.1, 0.15) is 39.5 Å². The Morgan fingerprint density at radius 3 is 2.67 bits per heavy atom. The Hall–Kier alpha value is -0.890. The first kappa shape index (κ1) is 14.1. The second-order valence-electron chi connectivity index (χ2n) is 3.44. The highest BCUT2D eigenvalue weighted by Crippen LogP contribution is 1.99. The highest BCUT2D eigenvalue weighted by molar-refractivity contribution is 5.77. The van der Waals surface area contributed by atoms with Gasteiger partial charge in [0.25, 0.3) is 0 Å². The molecule has 0 aliphatic carbocycles. The van der Waals surface area contributed by atoms with Gasteiger partial charge in [-0.1, -0.05) is 44.4 Å². The van der Waals surface area contributed by atoms with E-state index in [4.69, 9.17) is 4.74 Å². The topological polar surface area (TPSA) is 26.3 Å². The van der Waals surface area contributed by atoms with E-state index >= 15 is 0 Å². The molecule has 0 N–H and O–H groups in total. The lowest BCUT2D eigenvalue weighted by atomic mass is 10.2. The maximum absolute atomic E-state index is 10.4. The number of ether oxygens (including phenoxy) is 1. The van der Waals surface area contributed by atoms with Crippen molar-refractivity contribution in [1.82, 2.24) is 0 Å². The number of carbonyl (C=O) groups is 1. The lowest BCUT2D eigenvalue weighted by Crippen LogP contribution is -1.94. The zero-order valence-corrected chi connectivity index (χ0v) is 9.87. The van der Waals surface area contributed by atoms with E-state index in [-0.39, 0.29) is 0 Å². The molecule has 0 saturated heterocycles. The van der Waals surface area contributed by atoms with Gasteiger partial charge >= 0.3 is 0 Å². The molecule has 0 aliphatic rings. The van der Waals surface area contributed by atoms with Crippen LogP contribution in [0.2, 0.25) is 0 Å². The Labute approximate surface area is 93.0 Å². The van der Waals surface area contributed by atoms with Gasteiger partial charge in [-0.25, -0.2) is 0 Å². The smallest absolute Gasteiger partial charge is 0.149 e. The van der Waals surface area contributed by atoms with Crippen LogP contribution in [0.15, 0.2) is 23.8 Å². The molecule has 0 aromatic carbocycles. The van der Waals surface area contributed by atoms with Gasteiger partial charge in [-0.05, 0) is 13.3 Å². The fourth-order valence-corrected chi connectivity index (χ4v) is 1.17. The van der Waals surface area contributed by atoms with Crippen LogP contribution in [-0.2, 0) is 9.53 Å². The van der Waals surface area contributed by atoms with Crippen molar-refractivity contribution in [3.8, 4) is 0 Å². The molecule has 0 saturated carbocycles. The number of carbonyl (C=O) groups excluding carboxylic acids is 1. The van der Waals surface area contributed by atoms with Gasteiger partial charge < -0.3 is 4.74 Å².